The van der Waals surface area contributed by atoms with Crippen molar-refractivity contribution in [2.75, 3.05) is 26.2 Å². The second kappa shape index (κ2) is 9.13. The van der Waals surface area contributed by atoms with Crippen LogP contribution in [0.5, 0.6) is 5.75 Å². The Bertz CT molecular complexity index is 843. The molecule has 2 aliphatic rings. The van der Waals surface area contributed by atoms with Crippen LogP contribution in [0.2, 0.25) is 0 Å². The molecular formula is C22H33N5O2. The number of likely N-dealkylation sites (tertiary alicyclic amines) is 1. The van der Waals surface area contributed by atoms with Crippen LogP contribution in [0.4, 0.5) is 4.79 Å². The number of fused-ring (bicyclic) bond motifs is 1. The summed E-state index contributed by atoms with van der Waals surface area (Å²) >= 11 is 0. The Morgan fingerprint density at radius 2 is 2.17 bits per heavy atom. The molecule has 2 fully saturated rings. The number of hydrogen-bond donors (Lipinski definition) is 2. The van der Waals surface area contributed by atoms with Gasteiger partial charge in [-0.1, -0.05) is 19.4 Å². The molecule has 1 aromatic carbocycles. The average Bonchev–Trinajstić information content (AvgIpc) is 3.12. The van der Waals surface area contributed by atoms with Gasteiger partial charge < -0.3 is 20.4 Å². The molecule has 3 N–H and O–H groups in total. The number of nitrogens with one attached hydrogen (secondary N) is 1. The van der Waals surface area contributed by atoms with Gasteiger partial charge in [-0.2, -0.15) is 0 Å². The van der Waals surface area contributed by atoms with E-state index >= 15 is 0 Å². The normalized spacial score (nSPS) is 23.3. The SMILES string of the molecule is CCC1CCCCN1CCn1c(C2CCCNC2)nc2c(OC(N)=O)cccc21. The molecule has 2 aromatic rings. The van der Waals surface area contributed by atoms with Crippen molar-refractivity contribution in [1.82, 2.24) is 19.8 Å². The van der Waals surface area contributed by atoms with Crippen molar-refractivity contribution in [1.29, 1.82) is 0 Å². The van der Waals surface area contributed by atoms with Gasteiger partial charge in [-0.05, 0) is 57.3 Å². The average molecular weight is 400 g/mol. The lowest BCUT2D eigenvalue weighted by Crippen LogP contribution is -2.41. The van der Waals surface area contributed by atoms with Gasteiger partial charge in [-0.25, -0.2) is 9.78 Å². The number of nitrogens with zero attached hydrogens (tertiary/aromatic N) is 3. The number of ether oxygens (including phenoxy) is 1. The molecule has 3 heterocycles. The van der Waals surface area contributed by atoms with E-state index in [1.165, 1.54) is 32.2 Å². The Kier molecular flexibility index (Phi) is 6.35. The first-order valence-electron chi connectivity index (χ1n) is 11.1. The van der Waals surface area contributed by atoms with Crippen LogP contribution in [0.1, 0.15) is 57.2 Å². The topological polar surface area (TPSA) is 85.4 Å². The van der Waals surface area contributed by atoms with E-state index in [1.807, 2.05) is 6.07 Å². The fourth-order valence-electron chi connectivity index (χ4n) is 4.99. The van der Waals surface area contributed by atoms with Crippen LogP contribution in [0.25, 0.3) is 11.0 Å². The molecule has 7 heteroatoms. The largest absolute Gasteiger partial charge is 0.410 e. The lowest BCUT2D eigenvalue weighted by molar-refractivity contribution is 0.139. The molecule has 4 rings (SSSR count). The molecular weight excluding hydrogens is 366 g/mol. The van der Waals surface area contributed by atoms with E-state index in [0.29, 0.717) is 17.7 Å². The van der Waals surface area contributed by atoms with E-state index in [0.717, 1.165) is 55.9 Å². The van der Waals surface area contributed by atoms with Crippen LogP contribution in [-0.4, -0.2) is 52.8 Å². The number of hydrogen-bond acceptors (Lipinski definition) is 5. The lowest BCUT2D eigenvalue weighted by Gasteiger charge is -2.35. The maximum Gasteiger partial charge on any atom is 0.410 e. The molecule has 158 valence electrons. The summed E-state index contributed by atoms with van der Waals surface area (Å²) in [6, 6.07) is 6.44. The van der Waals surface area contributed by atoms with Crippen LogP contribution in [0, 0.1) is 0 Å². The summed E-state index contributed by atoms with van der Waals surface area (Å²) in [6.07, 6.45) is 6.63. The summed E-state index contributed by atoms with van der Waals surface area (Å²) in [5, 5.41) is 3.50. The van der Waals surface area contributed by atoms with Crippen molar-refractivity contribution >= 4 is 17.1 Å². The fourth-order valence-corrected chi connectivity index (χ4v) is 4.99. The Morgan fingerprint density at radius 1 is 1.28 bits per heavy atom. The van der Waals surface area contributed by atoms with Gasteiger partial charge in [-0.3, -0.25) is 4.90 Å². The smallest absolute Gasteiger partial charge is 0.408 e. The molecule has 0 aliphatic carbocycles. The highest BCUT2D eigenvalue weighted by atomic mass is 16.5. The van der Waals surface area contributed by atoms with E-state index in [-0.39, 0.29) is 0 Å². The number of primary amides is 1. The fraction of sp³-hybridized carbons (Fsp3) is 0.636. The number of imidazole rings is 1. The monoisotopic (exact) mass is 399 g/mol. The highest BCUT2D eigenvalue weighted by Gasteiger charge is 2.26. The molecule has 1 amide bonds. The van der Waals surface area contributed by atoms with Crippen molar-refractivity contribution in [3.63, 3.8) is 0 Å². The first-order chi connectivity index (χ1) is 14.2. The number of nitrogens with two attached hydrogens (primary N) is 1. The Morgan fingerprint density at radius 3 is 2.93 bits per heavy atom. The van der Waals surface area contributed by atoms with Crippen molar-refractivity contribution in [3.05, 3.63) is 24.0 Å². The standard InChI is InChI=1S/C22H33N5O2/c1-2-17-8-3-4-12-26(17)13-14-27-18-9-5-10-19(29-22(23)28)20(18)25-21(27)16-7-6-11-24-15-16/h5,9-10,16-17,24H,2-4,6-8,11-15H2,1H3,(H2,23,28). The molecule has 2 aliphatic heterocycles. The highest BCUT2D eigenvalue weighted by molar-refractivity contribution is 5.85. The molecule has 0 saturated carbocycles. The maximum atomic E-state index is 11.4. The van der Waals surface area contributed by atoms with E-state index in [4.69, 9.17) is 15.5 Å². The maximum absolute atomic E-state index is 11.4. The highest BCUT2D eigenvalue weighted by Crippen LogP contribution is 2.31. The Balaban J connectivity index is 1.66. The van der Waals surface area contributed by atoms with E-state index in [2.05, 4.69) is 27.8 Å². The zero-order chi connectivity index (χ0) is 20.2. The number of carbonyl (C=O) groups excluding carboxylic acids is 1. The first-order valence-corrected chi connectivity index (χ1v) is 11.1. The Labute approximate surface area is 172 Å². The quantitative estimate of drug-likeness (QED) is 0.779. The predicted molar refractivity (Wildman–Crippen MR) is 114 cm³/mol. The Hall–Kier alpha value is -2.12. The number of amides is 1. The number of rotatable bonds is 6. The van der Waals surface area contributed by atoms with Crippen molar-refractivity contribution in [2.24, 2.45) is 5.73 Å². The van der Waals surface area contributed by atoms with Gasteiger partial charge >= 0.3 is 6.09 Å². The van der Waals surface area contributed by atoms with E-state index < -0.39 is 6.09 Å². The molecule has 2 atom stereocenters. The van der Waals surface area contributed by atoms with Gasteiger partial charge in [0.2, 0.25) is 0 Å². The third-order valence-electron chi connectivity index (χ3n) is 6.48. The molecule has 29 heavy (non-hydrogen) atoms. The lowest BCUT2D eigenvalue weighted by atomic mass is 9.98. The molecule has 1 aromatic heterocycles. The van der Waals surface area contributed by atoms with Gasteiger partial charge in [0, 0.05) is 31.6 Å². The molecule has 0 radical (unpaired) electrons. The molecule has 0 spiro atoms. The number of carbonyl (C=O) groups is 1. The number of piperidine rings is 2. The van der Waals surface area contributed by atoms with Gasteiger partial charge in [0.25, 0.3) is 0 Å². The third-order valence-corrected chi connectivity index (χ3v) is 6.48. The summed E-state index contributed by atoms with van der Waals surface area (Å²) < 4.78 is 7.60. The molecule has 2 saturated heterocycles. The summed E-state index contributed by atoms with van der Waals surface area (Å²) in [7, 11) is 0. The number of aromatic nitrogens is 2. The predicted octanol–water partition coefficient (Wildman–Crippen LogP) is 3.23. The minimum atomic E-state index is -0.799. The zero-order valence-corrected chi connectivity index (χ0v) is 17.4. The van der Waals surface area contributed by atoms with Gasteiger partial charge in [-0.15, -0.1) is 0 Å². The van der Waals surface area contributed by atoms with Gasteiger partial charge in [0.05, 0.1) is 5.52 Å². The van der Waals surface area contributed by atoms with Crippen molar-refractivity contribution < 1.29 is 9.53 Å². The molecule has 0 bridgehead atoms. The van der Waals surface area contributed by atoms with E-state index in [9.17, 15) is 4.79 Å². The van der Waals surface area contributed by atoms with Crippen LogP contribution in [0.3, 0.4) is 0 Å². The number of benzene rings is 1. The van der Waals surface area contributed by atoms with Crippen LogP contribution in [-0.2, 0) is 6.54 Å². The van der Waals surface area contributed by atoms with Gasteiger partial charge in [0.15, 0.2) is 5.75 Å². The second-order valence-corrected chi connectivity index (χ2v) is 8.30. The third kappa shape index (κ3) is 4.41. The molecule has 2 unspecified atom stereocenters. The summed E-state index contributed by atoms with van der Waals surface area (Å²) in [5.74, 6) is 1.92. The van der Waals surface area contributed by atoms with Crippen LogP contribution >= 0.6 is 0 Å². The van der Waals surface area contributed by atoms with Crippen LogP contribution < -0.4 is 15.8 Å². The van der Waals surface area contributed by atoms with Gasteiger partial charge in [0.1, 0.15) is 11.3 Å². The second-order valence-electron chi connectivity index (χ2n) is 8.30. The van der Waals surface area contributed by atoms with Crippen molar-refractivity contribution in [3.8, 4) is 5.75 Å². The first kappa shape index (κ1) is 20.2. The van der Waals surface area contributed by atoms with Crippen LogP contribution in [0.15, 0.2) is 18.2 Å². The molecule has 7 nitrogen and oxygen atoms in total. The van der Waals surface area contributed by atoms with Crippen molar-refractivity contribution in [2.45, 2.75) is 64.0 Å². The minimum absolute atomic E-state index is 0.376. The summed E-state index contributed by atoms with van der Waals surface area (Å²) in [4.78, 5) is 19.0. The number of para-hydroxylation sites is 1. The zero-order valence-electron chi connectivity index (χ0n) is 17.4. The van der Waals surface area contributed by atoms with E-state index in [1.54, 1.807) is 6.07 Å². The summed E-state index contributed by atoms with van der Waals surface area (Å²) in [5.41, 5.74) is 7.03. The minimum Gasteiger partial charge on any atom is -0.408 e. The summed E-state index contributed by atoms with van der Waals surface area (Å²) in [6.45, 7) is 7.41.